The van der Waals surface area contributed by atoms with Gasteiger partial charge in [0.15, 0.2) is 11.6 Å². The molecule has 3 aromatic rings. The highest BCUT2D eigenvalue weighted by atomic mass is 19.2. The van der Waals surface area contributed by atoms with Crippen LogP contribution in [0.1, 0.15) is 55.0 Å². The molecule has 1 N–H and O–H groups in total. The summed E-state index contributed by atoms with van der Waals surface area (Å²) in [6.45, 7) is 6.27. The van der Waals surface area contributed by atoms with Crippen LogP contribution in [-0.4, -0.2) is 4.98 Å². The molecule has 0 saturated heterocycles. The van der Waals surface area contributed by atoms with E-state index in [1.54, 1.807) is 6.07 Å². The summed E-state index contributed by atoms with van der Waals surface area (Å²) in [4.78, 5) is 3.35. The SMILES string of the molecule is CCCCc1c(C(C)c2ccc(C)cc2)[nH]c2ccc(F)c(F)c12. The average molecular weight is 327 g/mol. The molecule has 0 saturated carbocycles. The Hall–Kier alpha value is -2.16. The maximum absolute atomic E-state index is 14.4. The van der Waals surface area contributed by atoms with Crippen molar-refractivity contribution >= 4 is 10.9 Å². The van der Waals surface area contributed by atoms with E-state index in [0.29, 0.717) is 10.9 Å². The highest BCUT2D eigenvalue weighted by Crippen LogP contribution is 2.34. The Bertz CT molecular complexity index is 846. The van der Waals surface area contributed by atoms with Gasteiger partial charge in [-0.1, -0.05) is 50.1 Å². The molecule has 3 rings (SSSR count). The van der Waals surface area contributed by atoms with Gasteiger partial charge in [-0.3, -0.25) is 0 Å². The summed E-state index contributed by atoms with van der Waals surface area (Å²) >= 11 is 0. The van der Waals surface area contributed by atoms with E-state index >= 15 is 0 Å². The molecule has 2 aromatic carbocycles. The van der Waals surface area contributed by atoms with E-state index in [9.17, 15) is 8.78 Å². The molecule has 24 heavy (non-hydrogen) atoms. The lowest BCUT2D eigenvalue weighted by molar-refractivity contribution is 0.516. The minimum Gasteiger partial charge on any atom is -0.358 e. The molecule has 0 amide bonds. The van der Waals surface area contributed by atoms with E-state index in [0.717, 1.165) is 30.5 Å². The normalized spacial score (nSPS) is 12.7. The zero-order valence-corrected chi connectivity index (χ0v) is 14.4. The fourth-order valence-electron chi connectivity index (χ4n) is 3.31. The van der Waals surface area contributed by atoms with E-state index in [1.807, 2.05) is 0 Å². The Morgan fingerprint density at radius 3 is 2.42 bits per heavy atom. The number of H-pyrrole nitrogens is 1. The molecule has 1 heterocycles. The number of unbranched alkanes of at least 4 members (excludes halogenated alkanes) is 1. The van der Waals surface area contributed by atoms with Crippen LogP contribution < -0.4 is 0 Å². The Morgan fingerprint density at radius 2 is 1.75 bits per heavy atom. The molecule has 0 aliphatic rings. The summed E-state index contributed by atoms with van der Waals surface area (Å²) in [7, 11) is 0. The lowest BCUT2D eigenvalue weighted by Gasteiger charge is -2.14. The summed E-state index contributed by atoms with van der Waals surface area (Å²) in [5, 5.41) is 0.414. The third-order valence-electron chi connectivity index (χ3n) is 4.78. The predicted octanol–water partition coefficient (Wildman–Crippen LogP) is 6.25. The van der Waals surface area contributed by atoms with Crippen LogP contribution in [0, 0.1) is 18.6 Å². The maximum Gasteiger partial charge on any atom is 0.168 e. The monoisotopic (exact) mass is 327 g/mol. The van der Waals surface area contributed by atoms with Crippen molar-refractivity contribution in [2.45, 2.75) is 46.0 Å². The molecule has 1 nitrogen and oxygen atoms in total. The third-order valence-corrected chi connectivity index (χ3v) is 4.78. The fraction of sp³-hybridized carbons (Fsp3) is 0.333. The first kappa shape index (κ1) is 16.7. The molecular weight excluding hydrogens is 304 g/mol. The van der Waals surface area contributed by atoms with Crippen LogP contribution in [0.5, 0.6) is 0 Å². The highest BCUT2D eigenvalue weighted by Gasteiger charge is 2.21. The van der Waals surface area contributed by atoms with Crippen LogP contribution in [-0.2, 0) is 6.42 Å². The van der Waals surface area contributed by atoms with Crippen LogP contribution in [0.25, 0.3) is 10.9 Å². The van der Waals surface area contributed by atoms with Gasteiger partial charge in [0.05, 0.1) is 0 Å². The highest BCUT2D eigenvalue weighted by molar-refractivity contribution is 5.86. The van der Waals surface area contributed by atoms with Crippen LogP contribution in [0.2, 0.25) is 0 Å². The Balaban J connectivity index is 2.15. The number of hydrogen-bond donors (Lipinski definition) is 1. The van der Waals surface area contributed by atoms with Crippen molar-refractivity contribution in [3.8, 4) is 0 Å². The first-order valence-corrected chi connectivity index (χ1v) is 8.58. The second-order valence-corrected chi connectivity index (χ2v) is 6.54. The van der Waals surface area contributed by atoms with Gasteiger partial charge in [-0.15, -0.1) is 0 Å². The molecule has 1 unspecified atom stereocenters. The van der Waals surface area contributed by atoms with Crippen LogP contribution >= 0.6 is 0 Å². The third kappa shape index (κ3) is 2.95. The minimum absolute atomic E-state index is 0.104. The van der Waals surface area contributed by atoms with Gasteiger partial charge in [0, 0.05) is 22.5 Å². The second kappa shape index (κ2) is 6.76. The molecule has 1 aromatic heterocycles. The second-order valence-electron chi connectivity index (χ2n) is 6.54. The molecule has 0 aliphatic heterocycles. The van der Waals surface area contributed by atoms with Gasteiger partial charge in [-0.05, 0) is 43.0 Å². The number of nitrogens with one attached hydrogen (secondary N) is 1. The number of halogens is 2. The van der Waals surface area contributed by atoms with Crippen molar-refractivity contribution in [2.75, 3.05) is 0 Å². The average Bonchev–Trinajstić information content (AvgIpc) is 2.95. The zero-order valence-electron chi connectivity index (χ0n) is 14.4. The Labute approximate surface area is 141 Å². The Kier molecular flexibility index (Phi) is 4.70. The molecular formula is C21H23F2N. The van der Waals surface area contributed by atoms with Crippen molar-refractivity contribution in [1.82, 2.24) is 4.98 Å². The van der Waals surface area contributed by atoms with Gasteiger partial charge in [0.25, 0.3) is 0 Å². The topological polar surface area (TPSA) is 15.8 Å². The summed E-state index contributed by atoms with van der Waals surface area (Å²) in [6.07, 6.45) is 2.72. The number of benzene rings is 2. The summed E-state index contributed by atoms with van der Waals surface area (Å²) in [5.41, 5.74) is 4.96. The van der Waals surface area contributed by atoms with E-state index < -0.39 is 11.6 Å². The number of rotatable bonds is 5. The van der Waals surface area contributed by atoms with Gasteiger partial charge in [0.2, 0.25) is 0 Å². The molecule has 0 radical (unpaired) electrons. The molecule has 0 spiro atoms. The fourth-order valence-corrected chi connectivity index (χ4v) is 3.31. The van der Waals surface area contributed by atoms with Crippen LogP contribution in [0.3, 0.4) is 0 Å². The van der Waals surface area contributed by atoms with Crippen molar-refractivity contribution < 1.29 is 8.78 Å². The van der Waals surface area contributed by atoms with Gasteiger partial charge >= 0.3 is 0 Å². The van der Waals surface area contributed by atoms with Crippen molar-refractivity contribution in [1.29, 1.82) is 0 Å². The van der Waals surface area contributed by atoms with Crippen molar-refractivity contribution in [2.24, 2.45) is 0 Å². The van der Waals surface area contributed by atoms with Crippen LogP contribution in [0.15, 0.2) is 36.4 Å². The zero-order chi connectivity index (χ0) is 17.3. The molecule has 0 fully saturated rings. The largest absolute Gasteiger partial charge is 0.358 e. The summed E-state index contributed by atoms with van der Waals surface area (Å²) < 4.78 is 28.2. The lowest BCUT2D eigenvalue weighted by atomic mass is 9.92. The molecule has 126 valence electrons. The quantitative estimate of drug-likeness (QED) is 0.570. The predicted molar refractivity (Wildman–Crippen MR) is 95.5 cm³/mol. The minimum atomic E-state index is -0.784. The number of aromatic amines is 1. The van der Waals surface area contributed by atoms with E-state index in [4.69, 9.17) is 0 Å². The van der Waals surface area contributed by atoms with Gasteiger partial charge in [-0.25, -0.2) is 8.78 Å². The van der Waals surface area contributed by atoms with Gasteiger partial charge in [-0.2, -0.15) is 0 Å². The van der Waals surface area contributed by atoms with E-state index in [2.05, 4.69) is 50.0 Å². The lowest BCUT2D eigenvalue weighted by Crippen LogP contribution is -2.01. The number of hydrogen-bond acceptors (Lipinski definition) is 0. The Morgan fingerprint density at radius 1 is 1.04 bits per heavy atom. The molecule has 0 aliphatic carbocycles. The maximum atomic E-state index is 14.4. The van der Waals surface area contributed by atoms with E-state index in [1.165, 1.54) is 17.2 Å². The standard InChI is InChI=1S/C21H23F2N/c1-4-5-6-16-19-18(12-11-17(22)20(19)23)24-21(16)14(3)15-9-7-13(2)8-10-15/h7-12,14,24H,4-6H2,1-3H3. The smallest absolute Gasteiger partial charge is 0.168 e. The number of aryl methyl sites for hydroxylation is 2. The van der Waals surface area contributed by atoms with E-state index in [-0.39, 0.29) is 5.92 Å². The van der Waals surface area contributed by atoms with Crippen molar-refractivity contribution in [3.05, 3.63) is 70.4 Å². The van der Waals surface area contributed by atoms with Gasteiger partial charge in [0.1, 0.15) is 0 Å². The molecule has 3 heteroatoms. The first-order valence-electron chi connectivity index (χ1n) is 8.58. The molecule has 1 atom stereocenters. The number of aromatic nitrogens is 1. The van der Waals surface area contributed by atoms with Crippen molar-refractivity contribution in [3.63, 3.8) is 0 Å². The van der Waals surface area contributed by atoms with Crippen LogP contribution in [0.4, 0.5) is 8.78 Å². The van der Waals surface area contributed by atoms with Gasteiger partial charge < -0.3 is 4.98 Å². The summed E-state index contributed by atoms with van der Waals surface area (Å²) in [6, 6.07) is 11.2. The molecule has 0 bridgehead atoms. The summed E-state index contributed by atoms with van der Waals surface area (Å²) in [5.74, 6) is -1.42. The number of fused-ring (bicyclic) bond motifs is 1. The first-order chi connectivity index (χ1) is 11.5.